The fourth-order valence-corrected chi connectivity index (χ4v) is 2.08. The lowest BCUT2D eigenvalue weighted by atomic mass is 10.2. The highest BCUT2D eigenvalue weighted by atomic mass is 19.1. The van der Waals surface area contributed by atoms with Gasteiger partial charge in [0.25, 0.3) is 0 Å². The molecule has 108 valence electrons. The van der Waals surface area contributed by atoms with Gasteiger partial charge in [0.15, 0.2) is 11.5 Å². The SMILES string of the molecule is COCNc1ncnc2c1ncn2Cc1ccccc1F. The van der Waals surface area contributed by atoms with E-state index in [9.17, 15) is 4.39 Å². The van der Waals surface area contributed by atoms with Crippen LogP contribution in [0.2, 0.25) is 0 Å². The van der Waals surface area contributed by atoms with Crippen LogP contribution in [0.1, 0.15) is 5.56 Å². The van der Waals surface area contributed by atoms with Crippen molar-refractivity contribution in [1.29, 1.82) is 0 Å². The zero-order valence-electron chi connectivity index (χ0n) is 11.5. The highest BCUT2D eigenvalue weighted by Crippen LogP contribution is 2.18. The Morgan fingerprint density at radius 2 is 2.10 bits per heavy atom. The molecule has 3 rings (SSSR count). The van der Waals surface area contributed by atoms with Crippen LogP contribution in [0.5, 0.6) is 0 Å². The first kappa shape index (κ1) is 13.4. The molecule has 3 aromatic rings. The lowest BCUT2D eigenvalue weighted by Gasteiger charge is -2.06. The summed E-state index contributed by atoms with van der Waals surface area (Å²) in [6, 6.07) is 6.65. The van der Waals surface area contributed by atoms with Crippen molar-refractivity contribution >= 4 is 17.0 Å². The monoisotopic (exact) mass is 287 g/mol. The number of ether oxygens (including phenoxy) is 1. The molecule has 1 N–H and O–H groups in total. The molecule has 21 heavy (non-hydrogen) atoms. The first-order valence-corrected chi connectivity index (χ1v) is 6.41. The van der Waals surface area contributed by atoms with E-state index in [1.807, 2.05) is 0 Å². The van der Waals surface area contributed by atoms with Crippen LogP contribution in [0.4, 0.5) is 10.2 Å². The summed E-state index contributed by atoms with van der Waals surface area (Å²) < 4.78 is 20.5. The van der Waals surface area contributed by atoms with Gasteiger partial charge in [-0.25, -0.2) is 19.3 Å². The van der Waals surface area contributed by atoms with Gasteiger partial charge in [0.2, 0.25) is 0 Å². The second kappa shape index (κ2) is 5.84. The number of nitrogens with zero attached hydrogens (tertiary/aromatic N) is 4. The fraction of sp³-hybridized carbons (Fsp3) is 0.214. The zero-order valence-corrected chi connectivity index (χ0v) is 11.5. The minimum absolute atomic E-state index is 0.244. The average Bonchev–Trinajstić information content (AvgIpc) is 2.91. The van der Waals surface area contributed by atoms with Gasteiger partial charge in [-0.2, -0.15) is 0 Å². The molecular weight excluding hydrogens is 273 g/mol. The number of hydrogen-bond acceptors (Lipinski definition) is 5. The Kier molecular flexibility index (Phi) is 3.74. The van der Waals surface area contributed by atoms with Crippen molar-refractivity contribution in [3.8, 4) is 0 Å². The number of hydrogen-bond donors (Lipinski definition) is 1. The molecule has 0 amide bonds. The van der Waals surface area contributed by atoms with E-state index in [2.05, 4.69) is 20.3 Å². The first-order valence-electron chi connectivity index (χ1n) is 6.41. The van der Waals surface area contributed by atoms with Gasteiger partial charge in [-0.15, -0.1) is 0 Å². The average molecular weight is 287 g/mol. The van der Waals surface area contributed by atoms with Gasteiger partial charge in [0, 0.05) is 12.7 Å². The summed E-state index contributed by atoms with van der Waals surface area (Å²) in [5.74, 6) is 0.347. The van der Waals surface area contributed by atoms with Gasteiger partial charge in [-0.3, -0.25) is 0 Å². The number of rotatable bonds is 5. The van der Waals surface area contributed by atoms with Gasteiger partial charge in [-0.05, 0) is 6.07 Å². The summed E-state index contributed by atoms with van der Waals surface area (Å²) in [6.45, 7) is 0.691. The predicted molar refractivity (Wildman–Crippen MR) is 76.3 cm³/mol. The quantitative estimate of drug-likeness (QED) is 0.727. The maximum Gasteiger partial charge on any atom is 0.165 e. The Balaban J connectivity index is 1.95. The van der Waals surface area contributed by atoms with Crippen molar-refractivity contribution in [2.24, 2.45) is 0 Å². The predicted octanol–water partition coefficient (Wildman–Crippen LogP) is 2.03. The molecule has 0 spiro atoms. The van der Waals surface area contributed by atoms with Crippen LogP contribution in [0, 0.1) is 5.82 Å². The fourth-order valence-electron chi connectivity index (χ4n) is 2.08. The Bertz CT molecular complexity index is 758. The molecule has 0 saturated carbocycles. The summed E-state index contributed by atoms with van der Waals surface area (Å²) in [5.41, 5.74) is 1.86. The van der Waals surface area contributed by atoms with E-state index in [1.165, 1.54) is 12.4 Å². The van der Waals surface area contributed by atoms with Crippen molar-refractivity contribution < 1.29 is 9.13 Å². The van der Waals surface area contributed by atoms with E-state index in [4.69, 9.17) is 4.74 Å². The third-order valence-electron chi connectivity index (χ3n) is 3.08. The molecule has 1 aromatic carbocycles. The second-order valence-electron chi connectivity index (χ2n) is 4.47. The molecule has 0 unspecified atom stereocenters. The number of fused-ring (bicyclic) bond motifs is 1. The van der Waals surface area contributed by atoms with Crippen LogP contribution < -0.4 is 5.32 Å². The van der Waals surface area contributed by atoms with Crippen LogP contribution in [0.15, 0.2) is 36.9 Å². The highest BCUT2D eigenvalue weighted by molar-refractivity contribution is 5.82. The maximum absolute atomic E-state index is 13.7. The highest BCUT2D eigenvalue weighted by Gasteiger charge is 2.11. The summed E-state index contributed by atoms with van der Waals surface area (Å²) in [7, 11) is 1.59. The largest absolute Gasteiger partial charge is 0.365 e. The van der Waals surface area contributed by atoms with E-state index in [0.29, 0.717) is 35.8 Å². The lowest BCUT2D eigenvalue weighted by Crippen LogP contribution is -2.06. The molecule has 0 fully saturated rings. The van der Waals surface area contributed by atoms with Crippen molar-refractivity contribution in [1.82, 2.24) is 19.5 Å². The number of benzene rings is 1. The number of nitrogens with one attached hydrogen (secondary N) is 1. The number of aromatic nitrogens is 4. The minimum Gasteiger partial charge on any atom is -0.365 e. The lowest BCUT2D eigenvalue weighted by molar-refractivity contribution is 0.221. The van der Waals surface area contributed by atoms with E-state index in [1.54, 1.807) is 36.2 Å². The van der Waals surface area contributed by atoms with E-state index in [0.717, 1.165) is 0 Å². The molecule has 0 atom stereocenters. The third-order valence-corrected chi connectivity index (χ3v) is 3.08. The summed E-state index contributed by atoms with van der Waals surface area (Å²) in [6.07, 6.45) is 3.07. The van der Waals surface area contributed by atoms with Crippen LogP contribution in [-0.4, -0.2) is 33.4 Å². The van der Waals surface area contributed by atoms with Crippen molar-refractivity contribution in [2.75, 3.05) is 19.2 Å². The summed E-state index contributed by atoms with van der Waals surface area (Å²) in [5, 5.41) is 3.00. The van der Waals surface area contributed by atoms with Crippen LogP contribution in [0.3, 0.4) is 0 Å². The van der Waals surface area contributed by atoms with Crippen LogP contribution in [0.25, 0.3) is 11.2 Å². The molecule has 6 nitrogen and oxygen atoms in total. The van der Waals surface area contributed by atoms with Crippen molar-refractivity contribution in [2.45, 2.75) is 6.54 Å². The topological polar surface area (TPSA) is 64.9 Å². The third kappa shape index (κ3) is 2.68. The van der Waals surface area contributed by atoms with E-state index in [-0.39, 0.29) is 5.82 Å². The number of methoxy groups -OCH3 is 1. The minimum atomic E-state index is -0.244. The van der Waals surface area contributed by atoms with Gasteiger partial charge < -0.3 is 14.6 Å². The van der Waals surface area contributed by atoms with Crippen LogP contribution >= 0.6 is 0 Å². The molecule has 7 heteroatoms. The number of anilines is 1. The molecule has 0 aliphatic heterocycles. The molecule has 0 radical (unpaired) electrons. The van der Waals surface area contributed by atoms with Crippen molar-refractivity contribution in [3.05, 3.63) is 48.3 Å². The van der Waals surface area contributed by atoms with E-state index >= 15 is 0 Å². The molecule has 0 aliphatic rings. The van der Waals surface area contributed by atoms with E-state index < -0.39 is 0 Å². The Morgan fingerprint density at radius 1 is 1.24 bits per heavy atom. The Hall–Kier alpha value is -2.54. The maximum atomic E-state index is 13.7. The number of imidazole rings is 1. The zero-order chi connectivity index (χ0) is 14.7. The molecule has 2 aromatic heterocycles. The second-order valence-corrected chi connectivity index (χ2v) is 4.47. The van der Waals surface area contributed by atoms with Gasteiger partial charge in [0.05, 0.1) is 12.9 Å². The van der Waals surface area contributed by atoms with Gasteiger partial charge >= 0.3 is 0 Å². The number of halogens is 1. The Morgan fingerprint density at radius 3 is 2.90 bits per heavy atom. The molecule has 0 aliphatic carbocycles. The van der Waals surface area contributed by atoms with Gasteiger partial charge in [-0.1, -0.05) is 18.2 Å². The Labute approximate surface area is 120 Å². The molecular formula is C14H14FN5O. The van der Waals surface area contributed by atoms with Crippen molar-refractivity contribution in [3.63, 3.8) is 0 Å². The summed E-state index contributed by atoms with van der Waals surface area (Å²) in [4.78, 5) is 12.6. The van der Waals surface area contributed by atoms with Gasteiger partial charge in [0.1, 0.15) is 24.4 Å². The standard InChI is InChI=1S/C14H14FN5O/c1-21-9-19-13-12-14(17-7-16-13)20(8-18-12)6-10-4-2-3-5-11(10)15/h2-5,7-8H,6,9H2,1H3,(H,16,17,19). The molecule has 0 saturated heterocycles. The smallest absolute Gasteiger partial charge is 0.165 e. The van der Waals surface area contributed by atoms with Crippen LogP contribution in [-0.2, 0) is 11.3 Å². The first-order chi connectivity index (χ1) is 10.3. The molecule has 0 bridgehead atoms. The summed E-state index contributed by atoms with van der Waals surface area (Å²) >= 11 is 0. The normalized spacial score (nSPS) is 11.0. The molecule has 2 heterocycles.